The van der Waals surface area contributed by atoms with E-state index in [1.165, 1.54) is 35.0 Å². The quantitative estimate of drug-likeness (QED) is 0.423. The molecule has 2 N–H and O–H groups in total. The number of rotatable bonds is 8. The number of halogens is 2. The molecular formula is C22H23Cl2N5O6. The van der Waals surface area contributed by atoms with Crippen molar-refractivity contribution in [3.63, 3.8) is 0 Å². The molecule has 0 spiro atoms. The van der Waals surface area contributed by atoms with Crippen LogP contribution in [0.3, 0.4) is 0 Å². The molecule has 11 nitrogen and oxygen atoms in total. The summed E-state index contributed by atoms with van der Waals surface area (Å²) in [7, 11) is 0. The molecule has 0 saturated heterocycles. The second-order valence-corrected chi connectivity index (χ2v) is 8.49. The number of pyridine rings is 1. The number of aromatic nitrogens is 4. The van der Waals surface area contributed by atoms with Crippen molar-refractivity contribution in [2.45, 2.75) is 39.7 Å². The van der Waals surface area contributed by atoms with Crippen molar-refractivity contribution in [3.8, 4) is 17.2 Å². The average Bonchev–Trinajstić information content (AvgIpc) is 2.79. The topological polar surface area (TPSA) is 137 Å². The minimum absolute atomic E-state index is 0.0307. The lowest BCUT2D eigenvalue weighted by Gasteiger charge is -2.15. The van der Waals surface area contributed by atoms with Crippen molar-refractivity contribution in [2.75, 3.05) is 11.9 Å². The summed E-state index contributed by atoms with van der Waals surface area (Å²) < 4.78 is 13.0. The Morgan fingerprint density at radius 2 is 1.86 bits per heavy atom. The second kappa shape index (κ2) is 11.2. The van der Waals surface area contributed by atoms with Crippen LogP contribution in [0, 0.1) is 0 Å². The summed E-state index contributed by atoms with van der Waals surface area (Å²) in [6, 6.07) is 5.43. The molecule has 3 aromatic rings. The van der Waals surface area contributed by atoms with Crippen molar-refractivity contribution in [1.29, 1.82) is 0 Å². The van der Waals surface area contributed by atoms with Crippen molar-refractivity contribution < 1.29 is 14.3 Å². The highest BCUT2D eigenvalue weighted by Gasteiger charge is 2.17. The molecule has 0 aliphatic rings. The molecule has 0 atom stereocenters. The van der Waals surface area contributed by atoms with Crippen molar-refractivity contribution in [3.05, 3.63) is 71.7 Å². The smallest absolute Gasteiger partial charge is 0.413 e. The molecular weight excluding hydrogens is 501 g/mol. The number of nitrogens with one attached hydrogen (secondary N) is 2. The van der Waals surface area contributed by atoms with Crippen LogP contribution in [-0.2, 0) is 4.74 Å². The summed E-state index contributed by atoms with van der Waals surface area (Å²) >= 11 is 12.7. The van der Waals surface area contributed by atoms with Gasteiger partial charge in [-0.3, -0.25) is 19.9 Å². The first kappa shape index (κ1) is 26.0. The van der Waals surface area contributed by atoms with Gasteiger partial charge in [-0.2, -0.15) is 4.68 Å². The SMILES string of the molecule is CCCCOC(=O)Nc1nn(-c2cc(Cl)c(Oc3ccc(=O)n(C(C)C)c3)c(Cl)c2)c(=O)[nH]c1=O. The summed E-state index contributed by atoms with van der Waals surface area (Å²) in [6.45, 7) is 5.80. The highest BCUT2D eigenvalue weighted by atomic mass is 35.5. The Balaban J connectivity index is 1.92. The van der Waals surface area contributed by atoms with E-state index in [1.807, 2.05) is 20.8 Å². The normalized spacial score (nSPS) is 10.9. The molecule has 0 bridgehead atoms. The summed E-state index contributed by atoms with van der Waals surface area (Å²) in [6.07, 6.45) is 2.11. The van der Waals surface area contributed by atoms with Gasteiger partial charge in [0.1, 0.15) is 5.75 Å². The number of amides is 1. The average molecular weight is 524 g/mol. The number of H-pyrrole nitrogens is 1. The van der Waals surface area contributed by atoms with Gasteiger partial charge in [-0.25, -0.2) is 9.59 Å². The van der Waals surface area contributed by atoms with Gasteiger partial charge in [-0.1, -0.05) is 36.5 Å². The van der Waals surface area contributed by atoms with E-state index in [0.717, 1.165) is 11.1 Å². The molecule has 0 saturated carbocycles. The molecule has 0 unspecified atom stereocenters. The molecule has 0 aliphatic carbocycles. The molecule has 13 heteroatoms. The van der Waals surface area contributed by atoms with E-state index in [1.54, 1.807) is 0 Å². The minimum atomic E-state index is -0.906. The molecule has 2 heterocycles. The van der Waals surface area contributed by atoms with Gasteiger partial charge in [0, 0.05) is 12.1 Å². The summed E-state index contributed by atoms with van der Waals surface area (Å²) in [5.74, 6) is -0.0433. The number of anilines is 1. The summed E-state index contributed by atoms with van der Waals surface area (Å²) in [5, 5.41) is 6.17. The van der Waals surface area contributed by atoms with Crippen molar-refractivity contribution in [2.24, 2.45) is 0 Å². The van der Waals surface area contributed by atoms with Gasteiger partial charge in [0.2, 0.25) is 5.82 Å². The first-order valence-corrected chi connectivity index (χ1v) is 11.4. The van der Waals surface area contributed by atoms with Crippen LogP contribution in [-0.4, -0.2) is 32.0 Å². The van der Waals surface area contributed by atoms with Crippen LogP contribution in [0.2, 0.25) is 10.0 Å². The van der Waals surface area contributed by atoms with Crippen molar-refractivity contribution in [1.82, 2.24) is 19.3 Å². The number of carbonyl (C=O) groups is 1. The van der Waals surface area contributed by atoms with E-state index in [2.05, 4.69) is 15.4 Å². The van der Waals surface area contributed by atoms with Crippen LogP contribution < -0.4 is 26.9 Å². The maximum atomic E-state index is 12.4. The zero-order valence-electron chi connectivity index (χ0n) is 19.1. The number of benzene rings is 1. The lowest BCUT2D eigenvalue weighted by atomic mass is 10.3. The number of ether oxygens (including phenoxy) is 2. The predicted octanol–water partition coefficient (Wildman–Crippen LogP) is 4.11. The highest BCUT2D eigenvalue weighted by Crippen LogP contribution is 2.38. The molecule has 35 heavy (non-hydrogen) atoms. The Morgan fingerprint density at radius 1 is 1.17 bits per heavy atom. The molecule has 0 aliphatic heterocycles. The number of aromatic amines is 1. The Labute approximate surface area is 209 Å². The first-order valence-electron chi connectivity index (χ1n) is 10.7. The van der Waals surface area contributed by atoms with Gasteiger partial charge in [-0.05, 0) is 38.5 Å². The van der Waals surface area contributed by atoms with E-state index in [4.69, 9.17) is 32.7 Å². The third kappa shape index (κ3) is 6.31. The van der Waals surface area contributed by atoms with Gasteiger partial charge in [-0.15, -0.1) is 5.10 Å². The molecule has 0 radical (unpaired) electrons. The van der Waals surface area contributed by atoms with Crippen molar-refractivity contribution >= 4 is 35.1 Å². The fourth-order valence-corrected chi connectivity index (χ4v) is 3.48. The Bertz CT molecular complexity index is 1390. The summed E-state index contributed by atoms with van der Waals surface area (Å²) in [4.78, 5) is 50.4. The predicted molar refractivity (Wildman–Crippen MR) is 132 cm³/mol. The first-order chi connectivity index (χ1) is 16.6. The number of nitrogens with zero attached hydrogens (tertiary/aromatic N) is 3. The number of hydrogen-bond acceptors (Lipinski definition) is 7. The molecule has 3 rings (SSSR count). The lowest BCUT2D eigenvalue weighted by molar-refractivity contribution is 0.159. The zero-order chi connectivity index (χ0) is 25.7. The zero-order valence-corrected chi connectivity index (χ0v) is 20.6. The maximum absolute atomic E-state index is 12.4. The van der Waals surface area contributed by atoms with Gasteiger partial charge in [0.05, 0.1) is 28.5 Å². The van der Waals surface area contributed by atoms with Crippen LogP contribution in [0.1, 0.15) is 39.7 Å². The third-order valence-electron chi connectivity index (χ3n) is 4.69. The number of unbranched alkanes of at least 4 members (excludes halogenated alkanes) is 1. The van der Waals surface area contributed by atoms with E-state index in [-0.39, 0.29) is 39.7 Å². The second-order valence-electron chi connectivity index (χ2n) is 7.68. The van der Waals surface area contributed by atoms with E-state index in [9.17, 15) is 19.2 Å². The van der Waals surface area contributed by atoms with Gasteiger partial charge < -0.3 is 14.0 Å². The lowest BCUT2D eigenvalue weighted by Crippen LogP contribution is -2.34. The minimum Gasteiger partial charge on any atom is -0.453 e. The highest BCUT2D eigenvalue weighted by molar-refractivity contribution is 6.37. The number of carbonyl (C=O) groups excluding carboxylic acids is 1. The fourth-order valence-electron chi connectivity index (χ4n) is 2.93. The molecule has 2 aromatic heterocycles. The fraction of sp³-hybridized carbons (Fsp3) is 0.318. The van der Waals surface area contributed by atoms with E-state index < -0.39 is 23.2 Å². The van der Waals surface area contributed by atoms with Gasteiger partial charge >= 0.3 is 11.8 Å². The van der Waals surface area contributed by atoms with Gasteiger partial charge in [0.15, 0.2) is 5.75 Å². The Morgan fingerprint density at radius 3 is 2.49 bits per heavy atom. The standard InChI is InChI=1S/C22H23Cl2N5O6/c1-4-5-8-34-22(33)25-19-20(31)26-21(32)29(27-19)13-9-15(23)18(16(24)10-13)35-14-6-7-17(30)28(11-14)12(2)3/h6-7,9-12H,4-5,8H2,1-3H3,(H,25,27,33)(H,26,31,32). The maximum Gasteiger partial charge on any atom is 0.413 e. The van der Waals surface area contributed by atoms with Crippen LogP contribution in [0.15, 0.2) is 44.8 Å². The third-order valence-corrected chi connectivity index (χ3v) is 5.26. The van der Waals surface area contributed by atoms with E-state index in [0.29, 0.717) is 12.2 Å². The van der Waals surface area contributed by atoms with Crippen LogP contribution in [0.25, 0.3) is 5.69 Å². The Kier molecular flexibility index (Phi) is 8.36. The largest absolute Gasteiger partial charge is 0.453 e. The molecule has 0 fully saturated rings. The van der Waals surface area contributed by atoms with Crippen LogP contribution in [0.5, 0.6) is 11.5 Å². The number of hydrogen-bond donors (Lipinski definition) is 2. The van der Waals surface area contributed by atoms with Crippen LogP contribution >= 0.6 is 23.2 Å². The monoisotopic (exact) mass is 523 g/mol. The molecule has 186 valence electrons. The Hall–Kier alpha value is -3.57. The van der Waals surface area contributed by atoms with Crippen LogP contribution in [0.4, 0.5) is 10.6 Å². The molecule has 1 amide bonds. The molecule has 1 aromatic carbocycles. The van der Waals surface area contributed by atoms with Gasteiger partial charge in [0.25, 0.3) is 11.1 Å². The van der Waals surface area contributed by atoms with E-state index >= 15 is 0 Å². The summed E-state index contributed by atoms with van der Waals surface area (Å²) in [5.41, 5.74) is -1.88.